The van der Waals surface area contributed by atoms with Gasteiger partial charge >= 0.3 is 17.2 Å². The molecule has 1 heterocycles. The number of esters is 2. The topological polar surface area (TPSA) is 91.3 Å². The van der Waals surface area contributed by atoms with Gasteiger partial charge in [-0.15, -0.1) is 4.33 Å². The summed E-state index contributed by atoms with van der Waals surface area (Å²) in [5.41, 5.74) is 0. The van der Waals surface area contributed by atoms with Crippen LogP contribution in [0.5, 0.6) is 0 Å². The molecular formula is C10H10F2O7S. The zero-order valence-corrected chi connectivity index (χ0v) is 10.7. The Morgan fingerprint density at radius 2 is 2.25 bits per heavy atom. The lowest BCUT2D eigenvalue weighted by atomic mass is 9.87. The van der Waals surface area contributed by atoms with Crippen LogP contribution in [0.15, 0.2) is 0 Å². The lowest BCUT2D eigenvalue weighted by molar-refractivity contribution is -0.433. The van der Waals surface area contributed by atoms with Gasteiger partial charge in [-0.25, -0.2) is 10.1 Å². The Labute approximate surface area is 115 Å². The Morgan fingerprint density at radius 1 is 1.50 bits per heavy atom. The Bertz CT molecular complexity index is 459. The molecule has 0 aromatic carbocycles. The molecule has 0 amide bonds. The maximum Gasteiger partial charge on any atom is 0.415 e. The molecule has 3 aliphatic rings. The molecule has 2 aliphatic carbocycles. The molecule has 0 aromatic rings. The van der Waals surface area contributed by atoms with Crippen LogP contribution < -0.4 is 0 Å². The van der Waals surface area contributed by atoms with Gasteiger partial charge in [-0.2, -0.15) is 8.78 Å². The van der Waals surface area contributed by atoms with Crippen molar-refractivity contribution in [3.63, 3.8) is 0 Å². The summed E-state index contributed by atoms with van der Waals surface area (Å²) < 4.78 is 40.1. The van der Waals surface area contributed by atoms with Crippen LogP contribution >= 0.6 is 12.0 Å². The Hall–Kier alpha value is -0.970. The second kappa shape index (κ2) is 4.52. The van der Waals surface area contributed by atoms with Crippen molar-refractivity contribution >= 4 is 24.0 Å². The number of hydrogen-bond acceptors (Lipinski definition) is 8. The fourth-order valence-corrected chi connectivity index (χ4v) is 3.65. The summed E-state index contributed by atoms with van der Waals surface area (Å²) >= 11 is -0.707. The normalized spacial score (nSPS) is 38.1. The Morgan fingerprint density at radius 3 is 2.90 bits per heavy atom. The van der Waals surface area contributed by atoms with E-state index < -0.39 is 35.0 Å². The van der Waals surface area contributed by atoms with Gasteiger partial charge in [0.2, 0.25) is 0 Å². The predicted molar refractivity (Wildman–Crippen MR) is 56.6 cm³/mol. The third-order valence-electron chi connectivity index (χ3n) is 4.05. The van der Waals surface area contributed by atoms with Crippen LogP contribution in [0.25, 0.3) is 0 Å². The first kappa shape index (κ1) is 14.0. The highest BCUT2D eigenvalue weighted by molar-refractivity contribution is 7.96. The van der Waals surface area contributed by atoms with Gasteiger partial charge in [0.05, 0.1) is 11.8 Å². The molecule has 112 valence electrons. The monoisotopic (exact) mass is 312 g/mol. The molecule has 3 rings (SSSR count). The summed E-state index contributed by atoms with van der Waals surface area (Å²) in [7, 11) is 0. The summed E-state index contributed by atoms with van der Waals surface area (Å²) in [6.45, 7) is 0. The number of halogens is 2. The molecule has 1 aliphatic heterocycles. The molecule has 7 nitrogen and oxygen atoms in total. The van der Waals surface area contributed by atoms with E-state index in [0.29, 0.717) is 12.8 Å². The second-order valence-electron chi connectivity index (χ2n) is 5.12. The third-order valence-corrected chi connectivity index (χ3v) is 4.55. The first-order valence-corrected chi connectivity index (χ1v) is 6.62. The van der Waals surface area contributed by atoms with Crippen LogP contribution in [0.2, 0.25) is 0 Å². The third kappa shape index (κ3) is 1.98. The minimum absolute atomic E-state index is 0.141. The molecule has 3 fully saturated rings. The van der Waals surface area contributed by atoms with E-state index in [4.69, 9.17) is 14.7 Å². The molecule has 2 bridgehead atoms. The molecule has 10 heteroatoms. The van der Waals surface area contributed by atoms with Crippen LogP contribution in [0.4, 0.5) is 8.78 Å². The molecule has 0 aromatic heterocycles. The minimum atomic E-state index is -4.09. The molecule has 0 spiro atoms. The fraction of sp³-hybridized carbons (Fsp3) is 0.800. The summed E-state index contributed by atoms with van der Waals surface area (Å²) in [6.07, 6.45) is 1.51. The van der Waals surface area contributed by atoms with Gasteiger partial charge in [0.15, 0.2) is 0 Å². The molecule has 2 saturated carbocycles. The number of rotatable bonds is 5. The molecule has 4 atom stereocenters. The SMILES string of the molecule is O=C1OC2(OC(=O)C(F)(F)SOOO)CC3CC1C2C3. The summed E-state index contributed by atoms with van der Waals surface area (Å²) in [5.74, 6) is -4.58. The maximum atomic E-state index is 13.3. The molecule has 1 saturated heterocycles. The lowest BCUT2D eigenvalue weighted by Crippen LogP contribution is -2.43. The number of carbonyl (C=O) groups excluding carboxylic acids is 2. The van der Waals surface area contributed by atoms with E-state index in [1.54, 1.807) is 0 Å². The van der Waals surface area contributed by atoms with Gasteiger partial charge in [-0.05, 0) is 18.8 Å². The van der Waals surface area contributed by atoms with E-state index in [1.807, 2.05) is 0 Å². The smallest absolute Gasteiger partial charge is 0.415 e. The number of fused-ring (bicyclic) bond motifs is 1. The van der Waals surface area contributed by atoms with Gasteiger partial charge in [0.25, 0.3) is 5.79 Å². The highest BCUT2D eigenvalue weighted by Gasteiger charge is 2.69. The van der Waals surface area contributed by atoms with E-state index in [-0.39, 0.29) is 24.2 Å². The molecule has 0 radical (unpaired) electrons. The summed E-state index contributed by atoms with van der Waals surface area (Å²) in [5, 5.41) is 6.74. The summed E-state index contributed by atoms with van der Waals surface area (Å²) in [6, 6.07) is 0. The standard InChI is InChI=1S/C10H10F2O7S/c11-10(12,20-19-18-15)8(14)17-9-3-4-1-5(6(9)2-4)7(13)16-9/h4-6,15H,1-3H2. The minimum Gasteiger partial charge on any atom is -0.422 e. The van der Waals surface area contributed by atoms with Crippen LogP contribution in [0.1, 0.15) is 19.3 Å². The van der Waals surface area contributed by atoms with Crippen LogP contribution in [0.3, 0.4) is 0 Å². The van der Waals surface area contributed by atoms with E-state index in [1.165, 1.54) is 0 Å². The molecular weight excluding hydrogens is 302 g/mol. The second-order valence-corrected chi connectivity index (χ2v) is 5.94. The number of alkyl halides is 2. The number of hydrogen-bond donors (Lipinski definition) is 1. The van der Waals surface area contributed by atoms with E-state index in [2.05, 4.69) is 9.37 Å². The Balaban J connectivity index is 1.72. The van der Waals surface area contributed by atoms with Crippen molar-refractivity contribution in [1.29, 1.82) is 0 Å². The van der Waals surface area contributed by atoms with Gasteiger partial charge in [0, 0.05) is 6.42 Å². The van der Waals surface area contributed by atoms with Gasteiger partial charge < -0.3 is 9.47 Å². The molecule has 4 unspecified atom stereocenters. The van der Waals surface area contributed by atoms with E-state index in [0.717, 1.165) is 0 Å². The first-order chi connectivity index (χ1) is 9.38. The van der Waals surface area contributed by atoms with Gasteiger partial charge in [0.1, 0.15) is 12.0 Å². The highest BCUT2D eigenvalue weighted by atomic mass is 32.2. The van der Waals surface area contributed by atoms with Crippen molar-refractivity contribution < 1.29 is 42.5 Å². The largest absolute Gasteiger partial charge is 0.422 e. The zero-order chi connectivity index (χ0) is 14.5. The molecule has 1 N–H and O–H groups in total. The van der Waals surface area contributed by atoms with Crippen LogP contribution in [-0.2, 0) is 28.4 Å². The molecule has 20 heavy (non-hydrogen) atoms. The van der Waals surface area contributed by atoms with Crippen molar-refractivity contribution in [3.05, 3.63) is 0 Å². The highest BCUT2D eigenvalue weighted by Crippen LogP contribution is 2.61. The lowest BCUT2D eigenvalue weighted by Gasteiger charge is -2.30. The average Bonchev–Trinajstić information content (AvgIpc) is 2.96. The van der Waals surface area contributed by atoms with Crippen molar-refractivity contribution in [2.45, 2.75) is 30.3 Å². The van der Waals surface area contributed by atoms with E-state index >= 15 is 0 Å². The first-order valence-electron chi connectivity index (χ1n) is 5.88. The number of carbonyl (C=O) groups is 2. The quantitative estimate of drug-likeness (QED) is 0.353. The van der Waals surface area contributed by atoms with Crippen molar-refractivity contribution in [2.75, 3.05) is 0 Å². The maximum absolute atomic E-state index is 13.3. The van der Waals surface area contributed by atoms with Crippen molar-refractivity contribution in [1.82, 2.24) is 0 Å². The van der Waals surface area contributed by atoms with Crippen LogP contribution in [-0.4, -0.2) is 28.2 Å². The predicted octanol–water partition coefficient (Wildman–Crippen LogP) is 1.49. The Kier molecular flexibility index (Phi) is 3.16. The number of ether oxygens (including phenoxy) is 2. The summed E-state index contributed by atoms with van der Waals surface area (Å²) in [4.78, 5) is 23.1. The zero-order valence-electron chi connectivity index (χ0n) is 9.91. The fourth-order valence-electron chi connectivity index (χ4n) is 3.42. The van der Waals surface area contributed by atoms with Gasteiger partial charge in [-0.1, -0.05) is 5.04 Å². The van der Waals surface area contributed by atoms with Crippen LogP contribution in [0, 0.1) is 17.8 Å². The van der Waals surface area contributed by atoms with E-state index in [9.17, 15) is 18.4 Å². The average molecular weight is 312 g/mol. The van der Waals surface area contributed by atoms with Crippen molar-refractivity contribution in [2.24, 2.45) is 17.8 Å². The van der Waals surface area contributed by atoms with Crippen molar-refractivity contribution in [3.8, 4) is 0 Å². The van der Waals surface area contributed by atoms with Gasteiger partial charge in [-0.3, -0.25) is 4.79 Å².